The van der Waals surface area contributed by atoms with Gasteiger partial charge in [-0.1, -0.05) is 13.8 Å². The summed E-state index contributed by atoms with van der Waals surface area (Å²) >= 11 is 1.70. The van der Waals surface area contributed by atoms with Crippen LogP contribution in [0.15, 0.2) is 17.8 Å². The van der Waals surface area contributed by atoms with Crippen molar-refractivity contribution >= 4 is 16.3 Å². The summed E-state index contributed by atoms with van der Waals surface area (Å²) in [6, 6.07) is 0. The van der Waals surface area contributed by atoms with Gasteiger partial charge >= 0.3 is 0 Å². The summed E-state index contributed by atoms with van der Waals surface area (Å²) < 4.78 is 2.12. The zero-order valence-corrected chi connectivity index (χ0v) is 13.5. The van der Waals surface area contributed by atoms with Crippen molar-refractivity contribution in [2.75, 3.05) is 6.54 Å². The lowest BCUT2D eigenvalue weighted by atomic mass is 9.82. The molecule has 1 N–H and O–H groups in total. The molecule has 0 amide bonds. The van der Waals surface area contributed by atoms with Crippen molar-refractivity contribution < 1.29 is 0 Å². The van der Waals surface area contributed by atoms with E-state index >= 15 is 0 Å². The van der Waals surface area contributed by atoms with E-state index in [1.165, 1.54) is 5.69 Å². The SMILES string of the molecule is CCC(C)(CNC(C)(C)C)Cc1cn2ccsc2n1. The minimum atomic E-state index is 0.172. The summed E-state index contributed by atoms with van der Waals surface area (Å²) in [6.45, 7) is 12.3. The van der Waals surface area contributed by atoms with Crippen LogP contribution in [0.25, 0.3) is 4.96 Å². The highest BCUT2D eigenvalue weighted by Gasteiger charge is 2.25. The second kappa shape index (κ2) is 5.25. The van der Waals surface area contributed by atoms with Gasteiger partial charge in [-0.25, -0.2) is 4.98 Å². The standard InChI is InChI=1S/C15H25N3S/c1-6-15(5,11-16-14(2,3)4)9-12-10-18-7-8-19-13(18)17-12/h7-8,10,16H,6,9,11H2,1-5H3. The largest absolute Gasteiger partial charge is 0.312 e. The Labute approximate surface area is 120 Å². The third kappa shape index (κ3) is 3.80. The van der Waals surface area contributed by atoms with E-state index in [0.29, 0.717) is 0 Å². The van der Waals surface area contributed by atoms with Crippen LogP contribution in [0.5, 0.6) is 0 Å². The number of nitrogens with one attached hydrogen (secondary N) is 1. The lowest BCUT2D eigenvalue weighted by molar-refractivity contribution is 0.253. The van der Waals surface area contributed by atoms with Gasteiger partial charge in [-0.15, -0.1) is 11.3 Å². The average Bonchev–Trinajstić information content (AvgIpc) is 2.86. The first-order chi connectivity index (χ1) is 8.81. The molecule has 2 aromatic rings. The Balaban J connectivity index is 2.06. The van der Waals surface area contributed by atoms with Gasteiger partial charge in [-0.05, 0) is 39.0 Å². The van der Waals surface area contributed by atoms with E-state index in [1.54, 1.807) is 11.3 Å². The highest BCUT2D eigenvalue weighted by Crippen LogP contribution is 2.27. The molecule has 0 aliphatic rings. The Morgan fingerprint density at radius 3 is 2.63 bits per heavy atom. The molecule has 1 unspecified atom stereocenters. The summed E-state index contributed by atoms with van der Waals surface area (Å²) in [5.74, 6) is 0. The van der Waals surface area contributed by atoms with Gasteiger partial charge < -0.3 is 5.32 Å². The van der Waals surface area contributed by atoms with Gasteiger partial charge in [0, 0.05) is 29.9 Å². The monoisotopic (exact) mass is 279 g/mol. The van der Waals surface area contributed by atoms with E-state index in [0.717, 1.165) is 24.3 Å². The molecule has 2 heterocycles. The van der Waals surface area contributed by atoms with E-state index < -0.39 is 0 Å². The number of hydrogen-bond donors (Lipinski definition) is 1. The van der Waals surface area contributed by atoms with Gasteiger partial charge in [-0.2, -0.15) is 0 Å². The fourth-order valence-electron chi connectivity index (χ4n) is 2.09. The maximum absolute atomic E-state index is 4.70. The third-order valence-electron chi connectivity index (χ3n) is 3.65. The molecule has 19 heavy (non-hydrogen) atoms. The molecular weight excluding hydrogens is 254 g/mol. The molecule has 2 rings (SSSR count). The molecule has 3 nitrogen and oxygen atoms in total. The average molecular weight is 279 g/mol. The number of nitrogens with zero attached hydrogens (tertiary/aromatic N) is 2. The van der Waals surface area contributed by atoms with E-state index in [2.05, 4.69) is 62.1 Å². The Morgan fingerprint density at radius 2 is 2.05 bits per heavy atom. The molecule has 0 aromatic carbocycles. The number of hydrogen-bond acceptors (Lipinski definition) is 3. The minimum Gasteiger partial charge on any atom is -0.312 e. The first-order valence-electron chi connectivity index (χ1n) is 6.97. The van der Waals surface area contributed by atoms with E-state index in [1.807, 2.05) is 0 Å². The van der Waals surface area contributed by atoms with Crippen LogP contribution in [0.3, 0.4) is 0 Å². The molecular formula is C15H25N3S. The second-order valence-corrected chi connectivity index (χ2v) is 7.64. The van der Waals surface area contributed by atoms with Crippen molar-refractivity contribution in [3.8, 4) is 0 Å². The van der Waals surface area contributed by atoms with E-state index in [9.17, 15) is 0 Å². The molecule has 0 fully saturated rings. The highest BCUT2D eigenvalue weighted by atomic mass is 32.1. The molecule has 0 bridgehead atoms. The Hall–Kier alpha value is -0.870. The maximum atomic E-state index is 4.70. The molecule has 0 radical (unpaired) electrons. The number of rotatable bonds is 5. The summed E-state index contributed by atoms with van der Waals surface area (Å²) in [4.78, 5) is 5.80. The molecule has 1 atom stereocenters. The Morgan fingerprint density at radius 1 is 1.32 bits per heavy atom. The van der Waals surface area contributed by atoms with Crippen molar-refractivity contribution in [1.82, 2.24) is 14.7 Å². The molecule has 0 aliphatic heterocycles. The van der Waals surface area contributed by atoms with Crippen molar-refractivity contribution in [2.24, 2.45) is 5.41 Å². The fraction of sp³-hybridized carbons (Fsp3) is 0.667. The predicted octanol–water partition coefficient (Wildman–Crippen LogP) is 3.74. The van der Waals surface area contributed by atoms with Gasteiger partial charge in [0.25, 0.3) is 0 Å². The topological polar surface area (TPSA) is 29.3 Å². The smallest absolute Gasteiger partial charge is 0.193 e. The van der Waals surface area contributed by atoms with Gasteiger partial charge in [-0.3, -0.25) is 4.40 Å². The van der Waals surface area contributed by atoms with E-state index in [-0.39, 0.29) is 11.0 Å². The number of aromatic nitrogens is 2. The third-order valence-corrected chi connectivity index (χ3v) is 4.42. The maximum Gasteiger partial charge on any atom is 0.193 e. The van der Waals surface area contributed by atoms with Crippen LogP contribution in [0, 0.1) is 5.41 Å². The van der Waals surface area contributed by atoms with Crippen LogP contribution >= 0.6 is 11.3 Å². The number of imidazole rings is 1. The van der Waals surface area contributed by atoms with Gasteiger partial charge in [0.1, 0.15) is 0 Å². The molecule has 0 saturated heterocycles. The van der Waals surface area contributed by atoms with Crippen molar-refractivity contribution in [2.45, 2.75) is 53.0 Å². The Bertz CT molecular complexity index is 506. The first kappa shape index (κ1) is 14.5. The molecule has 0 aliphatic carbocycles. The summed E-state index contributed by atoms with van der Waals surface area (Å²) in [6.07, 6.45) is 6.42. The summed E-state index contributed by atoms with van der Waals surface area (Å²) in [7, 11) is 0. The van der Waals surface area contributed by atoms with Crippen LogP contribution < -0.4 is 5.32 Å². The van der Waals surface area contributed by atoms with Gasteiger partial charge in [0.05, 0.1) is 5.69 Å². The number of fused-ring (bicyclic) bond motifs is 1. The van der Waals surface area contributed by atoms with Crippen molar-refractivity contribution in [3.63, 3.8) is 0 Å². The van der Waals surface area contributed by atoms with E-state index in [4.69, 9.17) is 4.98 Å². The lowest BCUT2D eigenvalue weighted by Crippen LogP contribution is -2.43. The van der Waals surface area contributed by atoms with Crippen LogP contribution in [0.2, 0.25) is 0 Å². The van der Waals surface area contributed by atoms with Crippen molar-refractivity contribution in [3.05, 3.63) is 23.5 Å². The normalized spacial score (nSPS) is 15.8. The second-order valence-electron chi connectivity index (χ2n) is 6.77. The van der Waals surface area contributed by atoms with Crippen LogP contribution in [-0.2, 0) is 6.42 Å². The van der Waals surface area contributed by atoms with Crippen LogP contribution in [0.1, 0.15) is 46.7 Å². The zero-order valence-electron chi connectivity index (χ0n) is 12.7. The minimum absolute atomic E-state index is 0.172. The predicted molar refractivity (Wildman–Crippen MR) is 82.9 cm³/mol. The van der Waals surface area contributed by atoms with Crippen molar-refractivity contribution in [1.29, 1.82) is 0 Å². The van der Waals surface area contributed by atoms with Gasteiger partial charge in [0.2, 0.25) is 0 Å². The van der Waals surface area contributed by atoms with Crippen LogP contribution in [-0.4, -0.2) is 21.5 Å². The quantitative estimate of drug-likeness (QED) is 0.903. The fourth-order valence-corrected chi connectivity index (χ4v) is 2.81. The molecule has 2 aromatic heterocycles. The molecule has 106 valence electrons. The molecule has 4 heteroatoms. The number of thiazole rings is 1. The Kier molecular flexibility index (Phi) is 4.02. The molecule has 0 spiro atoms. The molecule has 0 saturated carbocycles. The summed E-state index contributed by atoms with van der Waals surface area (Å²) in [5, 5.41) is 5.70. The highest BCUT2D eigenvalue weighted by molar-refractivity contribution is 7.15. The lowest BCUT2D eigenvalue weighted by Gasteiger charge is -2.32. The van der Waals surface area contributed by atoms with Gasteiger partial charge in [0.15, 0.2) is 4.96 Å². The summed E-state index contributed by atoms with van der Waals surface area (Å²) in [5.41, 5.74) is 1.63. The zero-order chi connectivity index (χ0) is 14.1. The van der Waals surface area contributed by atoms with Crippen LogP contribution in [0.4, 0.5) is 0 Å². The first-order valence-corrected chi connectivity index (χ1v) is 7.85.